The minimum Gasteiger partial charge on any atom is -0.387 e. The molecular weight excluding hydrogens is 1000 g/mol. The van der Waals surface area contributed by atoms with Gasteiger partial charge in [-0.3, -0.25) is 37.7 Å². The first-order chi connectivity index (χ1) is 27.6. The van der Waals surface area contributed by atoms with Crippen LogP contribution in [0.3, 0.4) is 0 Å². The van der Waals surface area contributed by atoms with Gasteiger partial charge in [0.1, 0.15) is 36.6 Å². The highest BCUT2D eigenvalue weighted by atomic mass is 31.3. The van der Waals surface area contributed by atoms with Gasteiger partial charge in [-0.15, -0.1) is 0 Å². The molecule has 0 aliphatic carbocycles. The van der Waals surface area contributed by atoms with E-state index >= 15 is 0 Å². The Morgan fingerprint density at radius 1 is 0.475 bits per heavy atom. The van der Waals surface area contributed by atoms with E-state index in [1.807, 2.05) is 0 Å². The van der Waals surface area contributed by atoms with Crippen LogP contribution in [-0.2, 0) is 76.3 Å². The first-order valence-corrected chi connectivity index (χ1v) is 25.6. The highest BCUT2D eigenvalue weighted by Crippen LogP contribution is 2.76. The number of hydrogen-bond donors (Lipinski definition) is 13. The molecular formula is C18H29N4O32P7. The van der Waals surface area contributed by atoms with E-state index in [0.29, 0.717) is 9.13 Å². The number of H-pyrrole nitrogens is 2. The molecule has 4 heterocycles. The average Bonchev–Trinajstić information content (AvgIpc) is 3.48. The van der Waals surface area contributed by atoms with Gasteiger partial charge in [-0.2, -0.15) is 25.9 Å². The third-order valence-corrected chi connectivity index (χ3v) is 17.8. The van der Waals surface area contributed by atoms with Crippen molar-refractivity contribution in [1.29, 1.82) is 0 Å². The van der Waals surface area contributed by atoms with Crippen molar-refractivity contribution < 1.29 is 131 Å². The summed E-state index contributed by atoms with van der Waals surface area (Å²) in [4.78, 5) is 118. The number of hydrogen-bond acceptors (Lipinski definition) is 25. The lowest BCUT2D eigenvalue weighted by atomic mass is 10.1. The summed E-state index contributed by atoms with van der Waals surface area (Å²) in [5, 5.41) is 40.7. The fourth-order valence-electron chi connectivity index (χ4n) is 4.69. The van der Waals surface area contributed by atoms with Crippen LogP contribution < -0.4 is 22.5 Å². The standard InChI is InChI=1S/C18H29N4O32P7/c23-9-1-3-21(17(29)19-9)15-13(27)11(25)7(47-15)5-45-55(31,32)49-57(35,36)51-59(39,40)53-61(43,44)54-60(41,42)52-58(37,38)50-56(33,34)46-6-8-12(26)14(28)16(48-8)22-4-2-10(24)20-18(22)30/h1-4,7-8,11-16,25-28H,5-6H2,(H,31,32)(H,33,34)(H,35,36)(H,37,38)(H,39,40)(H,41,42)(H,43,44)(H,19,23,29)(H,20,24,30)/t7-,8-,11+,12+,13?,14?,15-,16-/m1/s1. The molecule has 0 radical (unpaired) electrons. The second-order valence-electron chi connectivity index (χ2n) is 11.5. The molecule has 13 N–H and O–H groups in total. The summed E-state index contributed by atoms with van der Waals surface area (Å²) >= 11 is 0. The number of phosphoric ester groups is 2. The number of aliphatic hydroxyl groups is 4. The number of nitrogens with one attached hydrogen (secondary N) is 2. The molecule has 4 rings (SSSR count). The molecule has 348 valence electrons. The molecule has 0 saturated carbocycles. The van der Waals surface area contributed by atoms with E-state index < -0.39 is 140 Å². The Labute approximate surface area is 333 Å². The monoisotopic (exact) mass is 1030 g/mol. The van der Waals surface area contributed by atoms with E-state index in [1.54, 1.807) is 9.97 Å². The Bertz CT molecular complexity index is 2370. The van der Waals surface area contributed by atoms with Crippen LogP contribution in [0.5, 0.6) is 0 Å². The molecule has 0 bridgehead atoms. The highest BCUT2D eigenvalue weighted by Gasteiger charge is 2.52. The van der Waals surface area contributed by atoms with Gasteiger partial charge in [-0.05, 0) is 0 Å². The first-order valence-electron chi connectivity index (χ1n) is 15.1. The topological polar surface area (TPSA) is 544 Å². The van der Waals surface area contributed by atoms with Crippen molar-refractivity contribution in [2.75, 3.05) is 13.2 Å². The second-order valence-corrected chi connectivity index (χ2v) is 22.5. The molecule has 2 fully saturated rings. The van der Waals surface area contributed by atoms with E-state index in [2.05, 4.69) is 34.9 Å². The van der Waals surface area contributed by atoms with Crippen molar-refractivity contribution in [2.45, 2.75) is 49.1 Å². The maximum atomic E-state index is 12.3. The number of ether oxygens (including phenoxy) is 2. The summed E-state index contributed by atoms with van der Waals surface area (Å²) in [6.07, 6.45) is -13.6. The van der Waals surface area contributed by atoms with Crippen molar-refractivity contribution in [1.82, 2.24) is 19.1 Å². The number of aromatic nitrogens is 4. The van der Waals surface area contributed by atoms with Gasteiger partial charge in [0.25, 0.3) is 11.1 Å². The van der Waals surface area contributed by atoms with Crippen LogP contribution in [0.2, 0.25) is 0 Å². The Morgan fingerprint density at radius 2 is 0.738 bits per heavy atom. The number of aromatic amines is 2. The third-order valence-electron chi connectivity index (χ3n) is 6.97. The van der Waals surface area contributed by atoms with Gasteiger partial charge in [0.2, 0.25) is 0 Å². The molecule has 0 amide bonds. The smallest absolute Gasteiger partial charge is 0.387 e. The Kier molecular flexibility index (Phi) is 16.1. The number of rotatable bonds is 20. The van der Waals surface area contributed by atoms with E-state index in [0.717, 1.165) is 24.5 Å². The van der Waals surface area contributed by atoms with Crippen LogP contribution in [0.15, 0.2) is 43.7 Å². The zero-order valence-corrected chi connectivity index (χ0v) is 35.1. The fourth-order valence-corrected chi connectivity index (χ4v) is 13.9. The molecule has 61 heavy (non-hydrogen) atoms. The van der Waals surface area contributed by atoms with Crippen LogP contribution in [-0.4, -0.2) is 124 Å². The summed E-state index contributed by atoms with van der Waals surface area (Å²) in [5.74, 6) is 0. The van der Waals surface area contributed by atoms with Gasteiger partial charge in [-0.1, -0.05) is 0 Å². The van der Waals surface area contributed by atoms with Crippen molar-refractivity contribution in [3.8, 4) is 0 Å². The molecule has 2 saturated heterocycles. The molecule has 0 aromatic carbocycles. The lowest BCUT2D eigenvalue weighted by Crippen LogP contribution is -2.37. The van der Waals surface area contributed by atoms with E-state index in [4.69, 9.17) is 9.47 Å². The van der Waals surface area contributed by atoms with E-state index in [-0.39, 0.29) is 0 Å². The molecule has 2 aromatic rings. The van der Waals surface area contributed by atoms with Crippen LogP contribution in [0.25, 0.3) is 0 Å². The summed E-state index contributed by atoms with van der Waals surface area (Å²) < 4.78 is 126. The zero-order valence-electron chi connectivity index (χ0n) is 28.9. The summed E-state index contributed by atoms with van der Waals surface area (Å²) in [6.45, 7) is -2.69. The molecule has 0 spiro atoms. The number of nitrogens with zero attached hydrogens (tertiary/aromatic N) is 2. The second kappa shape index (κ2) is 18.9. The van der Waals surface area contributed by atoms with Gasteiger partial charge in [0, 0.05) is 24.5 Å². The predicted octanol–water partition coefficient (Wildman–Crippen LogP) is -3.84. The maximum absolute atomic E-state index is 12.3. The predicted molar refractivity (Wildman–Crippen MR) is 182 cm³/mol. The third kappa shape index (κ3) is 14.6. The quantitative estimate of drug-likeness (QED) is 0.0565. The van der Waals surface area contributed by atoms with E-state index in [1.165, 1.54) is 0 Å². The summed E-state index contributed by atoms with van der Waals surface area (Å²) in [7, 11) is -45.3. The average molecular weight is 1030 g/mol. The van der Waals surface area contributed by atoms with Crippen LogP contribution >= 0.6 is 54.8 Å². The lowest BCUT2D eigenvalue weighted by Gasteiger charge is -2.22. The van der Waals surface area contributed by atoms with Crippen LogP contribution in [0, 0.1) is 0 Å². The van der Waals surface area contributed by atoms with Gasteiger partial charge in [0.15, 0.2) is 12.5 Å². The first kappa shape index (κ1) is 51.8. The van der Waals surface area contributed by atoms with Crippen LogP contribution in [0.4, 0.5) is 0 Å². The van der Waals surface area contributed by atoms with Crippen molar-refractivity contribution in [3.63, 3.8) is 0 Å². The van der Waals surface area contributed by atoms with Crippen molar-refractivity contribution in [3.05, 3.63) is 66.2 Å². The Balaban J connectivity index is 1.29. The Hall–Kier alpha value is -1.87. The van der Waals surface area contributed by atoms with Crippen LogP contribution in [0.1, 0.15) is 12.5 Å². The SMILES string of the molecule is O=c1ccn([C@@H]2O[C@H](COP(=O)(O)OP(=O)(O)OP(=O)(O)OP(=O)(O)OP(=O)(O)OP(=O)(O)OP(=O)(O)OC[C@H]3O[C@@H](n4ccc(=O)[nH]c4=O)C(O)[C@H]3O)[C@H](O)C2O)c(=O)[nH]1. The van der Waals surface area contributed by atoms with Crippen molar-refractivity contribution in [2.24, 2.45) is 0 Å². The zero-order chi connectivity index (χ0) is 46.3. The fraction of sp³-hybridized carbons (Fsp3) is 0.556. The lowest BCUT2D eigenvalue weighted by molar-refractivity contribution is -0.0542. The van der Waals surface area contributed by atoms with Crippen molar-refractivity contribution >= 4 is 54.8 Å². The maximum Gasteiger partial charge on any atom is 0.490 e. The normalized spacial score (nSPS) is 31.4. The molecule has 43 heteroatoms. The molecule has 2 aliphatic heterocycles. The summed E-state index contributed by atoms with van der Waals surface area (Å²) in [5.41, 5.74) is -4.04. The molecule has 36 nitrogen and oxygen atoms in total. The van der Waals surface area contributed by atoms with E-state index in [9.17, 15) is 106 Å². The highest BCUT2D eigenvalue weighted by molar-refractivity contribution is 7.73. The van der Waals surface area contributed by atoms with Gasteiger partial charge in [-0.25, -0.2) is 41.5 Å². The minimum absolute atomic E-state index is 0.570. The molecule has 14 atom stereocenters. The number of aliphatic hydroxyl groups excluding tert-OH is 4. The molecule has 2 aliphatic rings. The Morgan fingerprint density at radius 3 is 1.00 bits per heavy atom. The number of phosphoric acid groups is 7. The van der Waals surface area contributed by atoms with Gasteiger partial charge in [0.05, 0.1) is 13.2 Å². The molecule has 8 unspecified atom stereocenters. The minimum atomic E-state index is -6.77. The molecule has 2 aromatic heterocycles. The summed E-state index contributed by atoms with van der Waals surface area (Å²) in [6, 6.07) is 1.61. The largest absolute Gasteiger partial charge is 0.490 e. The van der Waals surface area contributed by atoms with Gasteiger partial charge < -0.3 is 64.2 Å². The van der Waals surface area contributed by atoms with Gasteiger partial charge >= 0.3 is 66.1 Å².